The Morgan fingerprint density at radius 2 is 1.11 bits per heavy atom. The second-order valence-corrected chi connectivity index (χ2v) is 20.8. The van der Waals surface area contributed by atoms with Gasteiger partial charge in [0.15, 0.2) is 0 Å². The highest BCUT2D eigenvalue weighted by Crippen LogP contribution is 2.27. The molecule has 352 valence electrons. The van der Waals surface area contributed by atoms with E-state index < -0.39 is 12.2 Å². The number of halogens is 1. The highest BCUT2D eigenvalue weighted by molar-refractivity contribution is 9.09. The Hall–Kier alpha value is -2.02. The van der Waals surface area contributed by atoms with Gasteiger partial charge in [-0.3, -0.25) is 9.80 Å². The summed E-state index contributed by atoms with van der Waals surface area (Å²) in [5.74, 6) is 1.55. The summed E-state index contributed by atoms with van der Waals surface area (Å²) < 4.78 is 25.5. The summed E-state index contributed by atoms with van der Waals surface area (Å²) in [7, 11) is 0. The number of nitrogens with one attached hydrogen (secondary N) is 1. The SMILES string of the molecule is BrCCCCOC1CCCC1.Cc1nc2cc(OC[C@H](O)CN3CCN(CCCCOC4CCCC4)CC3)ccc2s1.Cc1nc2cc(OC[C@H](O)CN3CCNCC3)ccc2s1. The highest BCUT2D eigenvalue weighted by Gasteiger charge is 2.21. The van der Waals surface area contributed by atoms with Crippen LogP contribution in [0.25, 0.3) is 20.4 Å². The lowest BCUT2D eigenvalue weighted by molar-refractivity contribution is 0.0415. The molecule has 2 aromatic heterocycles. The Morgan fingerprint density at radius 1 is 0.651 bits per heavy atom. The van der Waals surface area contributed by atoms with E-state index >= 15 is 0 Å². The van der Waals surface area contributed by atoms with E-state index in [1.54, 1.807) is 22.7 Å². The third kappa shape index (κ3) is 18.6. The zero-order chi connectivity index (χ0) is 44.1. The van der Waals surface area contributed by atoms with E-state index in [9.17, 15) is 10.2 Å². The molecule has 2 saturated heterocycles. The molecule has 0 amide bonds. The van der Waals surface area contributed by atoms with Gasteiger partial charge in [-0.2, -0.15) is 0 Å². The van der Waals surface area contributed by atoms with Crippen molar-refractivity contribution in [1.82, 2.24) is 30.0 Å². The standard InChI is InChI=1S/C24H37N3O3S.C15H21N3O2S.C9H17BrO/c1-19-25-23-16-22(8-9-24(23)31-19)30-18-20(28)17-27-13-11-26(12-14-27)10-4-5-15-29-21-6-2-3-7-21;1-11-17-14-8-13(2-3-15(14)21-11)20-10-12(19)9-18-6-4-16-5-7-18;10-7-3-4-8-11-9-5-1-2-6-9/h8-9,16,20-21,28H,2-7,10-15,17-18H2,1H3;2-3,8,12,16,19H,4-7,9-10H2,1H3;9H,1-8H2/t20-;12-;/m11./s1. The van der Waals surface area contributed by atoms with Gasteiger partial charge in [-0.05, 0) is 96.0 Å². The lowest BCUT2D eigenvalue weighted by atomic mass is 10.2. The fourth-order valence-corrected chi connectivity index (χ4v) is 10.7. The van der Waals surface area contributed by atoms with Gasteiger partial charge in [0.1, 0.15) is 36.9 Å². The number of alkyl halides is 1. The van der Waals surface area contributed by atoms with Crippen LogP contribution >= 0.6 is 38.6 Å². The molecule has 2 aromatic carbocycles. The van der Waals surface area contributed by atoms with Gasteiger partial charge in [0.2, 0.25) is 0 Å². The predicted octanol–water partition coefficient (Wildman–Crippen LogP) is 8.07. The number of piperazine rings is 2. The number of hydrogen-bond donors (Lipinski definition) is 3. The van der Waals surface area contributed by atoms with Crippen molar-refractivity contribution in [3.05, 3.63) is 46.4 Å². The first-order chi connectivity index (χ1) is 30.8. The number of thiazole rings is 2. The van der Waals surface area contributed by atoms with Crippen molar-refractivity contribution in [1.29, 1.82) is 0 Å². The second-order valence-electron chi connectivity index (χ2n) is 17.5. The van der Waals surface area contributed by atoms with E-state index in [0.717, 1.165) is 110 Å². The molecule has 2 saturated carbocycles. The molecule has 4 aliphatic rings. The topological polar surface area (TPSA) is 125 Å². The van der Waals surface area contributed by atoms with E-state index in [4.69, 9.17) is 18.9 Å². The summed E-state index contributed by atoms with van der Waals surface area (Å²) in [6, 6.07) is 11.9. The number of aliphatic hydroxyl groups excluding tert-OH is 2. The molecule has 0 unspecified atom stereocenters. The van der Waals surface area contributed by atoms with E-state index in [-0.39, 0.29) is 0 Å². The van der Waals surface area contributed by atoms with Gasteiger partial charge >= 0.3 is 0 Å². The van der Waals surface area contributed by atoms with Crippen LogP contribution < -0.4 is 14.8 Å². The number of nitrogens with zero attached hydrogens (tertiary/aromatic N) is 5. The number of fused-ring (bicyclic) bond motifs is 2. The lowest BCUT2D eigenvalue weighted by Gasteiger charge is -2.35. The molecule has 3 N–H and O–H groups in total. The Bertz CT molecular complexity index is 1840. The van der Waals surface area contributed by atoms with E-state index in [2.05, 4.69) is 45.9 Å². The minimum absolute atomic E-state index is 0.315. The molecule has 4 fully saturated rings. The van der Waals surface area contributed by atoms with Crippen LogP contribution in [0.2, 0.25) is 0 Å². The molecule has 8 rings (SSSR count). The average Bonchev–Trinajstić information content (AvgIpc) is 4.13. The number of ether oxygens (including phenoxy) is 4. The molecular formula is C48H75BrN6O6S2. The third-order valence-corrected chi connectivity index (χ3v) is 14.6. The number of hydrogen-bond acceptors (Lipinski definition) is 14. The van der Waals surface area contributed by atoms with Crippen molar-refractivity contribution in [3.8, 4) is 11.5 Å². The lowest BCUT2D eigenvalue weighted by Crippen LogP contribution is -2.49. The van der Waals surface area contributed by atoms with Gasteiger partial charge in [0.25, 0.3) is 0 Å². The summed E-state index contributed by atoms with van der Waals surface area (Å²) in [5.41, 5.74) is 1.93. The van der Waals surface area contributed by atoms with Crippen LogP contribution in [0, 0.1) is 13.8 Å². The Balaban J connectivity index is 0.000000177. The number of β-amino-alcohol motifs (C(OH)–C–C–N with tert-alkyl or cyclic N) is 2. The van der Waals surface area contributed by atoms with Gasteiger partial charge in [-0.15, -0.1) is 22.7 Å². The van der Waals surface area contributed by atoms with E-state index in [0.29, 0.717) is 38.5 Å². The van der Waals surface area contributed by atoms with Crippen LogP contribution in [0.15, 0.2) is 36.4 Å². The van der Waals surface area contributed by atoms with Gasteiger partial charge < -0.3 is 39.4 Å². The van der Waals surface area contributed by atoms with Gasteiger partial charge in [-0.1, -0.05) is 41.6 Å². The van der Waals surface area contributed by atoms with Crippen LogP contribution in [0.4, 0.5) is 0 Å². The Labute approximate surface area is 393 Å². The molecule has 2 aliphatic carbocycles. The summed E-state index contributed by atoms with van der Waals surface area (Å²) in [5, 5.41) is 27.0. The number of aryl methyl sites for hydroxylation is 2. The first-order valence-electron chi connectivity index (χ1n) is 23.8. The molecule has 63 heavy (non-hydrogen) atoms. The first kappa shape index (κ1) is 50.4. The largest absolute Gasteiger partial charge is 0.491 e. The fraction of sp³-hybridized carbons (Fsp3) is 0.708. The molecule has 0 radical (unpaired) electrons. The van der Waals surface area contributed by atoms with Gasteiger partial charge in [0, 0.05) is 96.1 Å². The fourth-order valence-electron chi connectivity index (χ4n) is 8.64. The summed E-state index contributed by atoms with van der Waals surface area (Å²) in [6.45, 7) is 17.2. The maximum Gasteiger partial charge on any atom is 0.121 e. The Morgan fingerprint density at radius 3 is 1.60 bits per heavy atom. The van der Waals surface area contributed by atoms with Crippen molar-refractivity contribution >= 4 is 59.0 Å². The second kappa shape index (κ2) is 28.2. The molecule has 12 nitrogen and oxygen atoms in total. The third-order valence-electron chi connectivity index (χ3n) is 12.1. The first-order valence-corrected chi connectivity index (χ1v) is 26.6. The maximum atomic E-state index is 10.4. The smallest absolute Gasteiger partial charge is 0.121 e. The highest BCUT2D eigenvalue weighted by atomic mass is 79.9. The molecular weight excluding hydrogens is 901 g/mol. The number of benzene rings is 2. The predicted molar refractivity (Wildman–Crippen MR) is 263 cm³/mol. The quantitative estimate of drug-likeness (QED) is 0.0553. The van der Waals surface area contributed by atoms with Gasteiger partial charge in [0.05, 0.1) is 42.7 Å². The van der Waals surface area contributed by atoms with Crippen molar-refractivity contribution < 1.29 is 29.2 Å². The minimum Gasteiger partial charge on any atom is -0.491 e. The summed E-state index contributed by atoms with van der Waals surface area (Å²) in [6.07, 6.45) is 15.6. The number of unbranched alkanes of at least 4 members (excludes halogenated alkanes) is 2. The molecule has 2 aliphatic heterocycles. The zero-order valence-electron chi connectivity index (χ0n) is 38.0. The summed E-state index contributed by atoms with van der Waals surface area (Å²) >= 11 is 6.78. The summed E-state index contributed by atoms with van der Waals surface area (Å²) in [4.78, 5) is 16.1. The molecule has 0 spiro atoms. The minimum atomic E-state index is -0.479. The average molecular weight is 976 g/mol. The van der Waals surface area contributed by atoms with Crippen molar-refractivity contribution in [2.45, 2.75) is 115 Å². The van der Waals surface area contributed by atoms with Crippen molar-refractivity contribution in [3.63, 3.8) is 0 Å². The van der Waals surface area contributed by atoms with Crippen LogP contribution in [0.5, 0.6) is 11.5 Å². The van der Waals surface area contributed by atoms with Crippen LogP contribution in [0.1, 0.15) is 87.1 Å². The maximum absolute atomic E-state index is 10.4. The molecule has 4 aromatic rings. The molecule has 2 atom stereocenters. The monoisotopic (exact) mass is 974 g/mol. The number of rotatable bonds is 21. The van der Waals surface area contributed by atoms with Crippen molar-refractivity contribution in [2.75, 3.05) is 104 Å². The molecule has 0 bridgehead atoms. The Kier molecular flexibility index (Phi) is 22.6. The normalized spacial score (nSPS) is 19.2. The molecule has 15 heteroatoms. The number of aliphatic hydroxyl groups is 2. The zero-order valence-corrected chi connectivity index (χ0v) is 41.2. The van der Waals surface area contributed by atoms with Crippen molar-refractivity contribution in [2.24, 2.45) is 0 Å². The molecule has 4 heterocycles. The van der Waals surface area contributed by atoms with Crippen LogP contribution in [-0.4, -0.2) is 163 Å². The number of aromatic nitrogens is 2. The van der Waals surface area contributed by atoms with Crippen LogP contribution in [-0.2, 0) is 9.47 Å². The van der Waals surface area contributed by atoms with E-state index in [1.165, 1.54) is 86.4 Å². The van der Waals surface area contributed by atoms with Crippen LogP contribution in [0.3, 0.4) is 0 Å². The van der Waals surface area contributed by atoms with Gasteiger partial charge in [-0.25, -0.2) is 9.97 Å². The van der Waals surface area contributed by atoms with E-state index in [1.807, 2.05) is 50.2 Å².